The zero-order valence-corrected chi connectivity index (χ0v) is 10.3. The van der Waals surface area contributed by atoms with Crippen molar-refractivity contribution >= 4 is 11.5 Å². The summed E-state index contributed by atoms with van der Waals surface area (Å²) in [5.74, 6) is 0.124. The van der Waals surface area contributed by atoms with Gasteiger partial charge in [-0.05, 0) is 30.7 Å². The van der Waals surface area contributed by atoms with Gasteiger partial charge in [0.1, 0.15) is 0 Å². The quantitative estimate of drug-likeness (QED) is 0.257. The molecule has 0 unspecified atom stereocenters. The van der Waals surface area contributed by atoms with Crippen LogP contribution in [0.25, 0.3) is 0 Å². The van der Waals surface area contributed by atoms with E-state index in [4.69, 9.17) is 15.7 Å². The van der Waals surface area contributed by atoms with Gasteiger partial charge < -0.3 is 20.6 Å². The Labute approximate surface area is 101 Å². The van der Waals surface area contributed by atoms with Crippen molar-refractivity contribution in [2.75, 3.05) is 32.2 Å². The molecule has 5 nitrogen and oxygen atoms in total. The molecule has 0 aliphatic carbocycles. The van der Waals surface area contributed by atoms with Gasteiger partial charge in [-0.3, -0.25) is 0 Å². The van der Waals surface area contributed by atoms with Gasteiger partial charge in [-0.25, -0.2) is 0 Å². The lowest BCUT2D eigenvalue weighted by molar-refractivity contribution is 0.196. The summed E-state index contributed by atoms with van der Waals surface area (Å²) in [4.78, 5) is 2.13. The van der Waals surface area contributed by atoms with Crippen molar-refractivity contribution in [3.05, 3.63) is 29.8 Å². The minimum atomic E-state index is 0.124. The predicted octanol–water partition coefficient (Wildman–Crippen LogP) is 1.25. The van der Waals surface area contributed by atoms with E-state index in [0.29, 0.717) is 5.56 Å². The van der Waals surface area contributed by atoms with Gasteiger partial charge in [0.05, 0.1) is 0 Å². The van der Waals surface area contributed by atoms with Crippen LogP contribution >= 0.6 is 0 Å². The van der Waals surface area contributed by atoms with Gasteiger partial charge in [-0.1, -0.05) is 5.16 Å². The number of nitrogens with two attached hydrogens (primary N) is 1. The van der Waals surface area contributed by atoms with Gasteiger partial charge >= 0.3 is 0 Å². The van der Waals surface area contributed by atoms with E-state index >= 15 is 0 Å². The highest BCUT2D eigenvalue weighted by Crippen LogP contribution is 2.13. The van der Waals surface area contributed by atoms with Crippen molar-refractivity contribution in [3.63, 3.8) is 0 Å². The minimum Gasteiger partial charge on any atom is -0.409 e. The highest BCUT2D eigenvalue weighted by molar-refractivity contribution is 5.97. The zero-order chi connectivity index (χ0) is 12.7. The monoisotopic (exact) mass is 237 g/mol. The smallest absolute Gasteiger partial charge is 0.170 e. The molecule has 0 fully saturated rings. The second-order valence-electron chi connectivity index (χ2n) is 3.80. The maximum Gasteiger partial charge on any atom is 0.170 e. The van der Waals surface area contributed by atoms with Gasteiger partial charge in [0.15, 0.2) is 5.84 Å². The molecule has 0 spiro atoms. The molecule has 0 amide bonds. The number of rotatable bonds is 6. The average molecular weight is 237 g/mol. The summed E-state index contributed by atoms with van der Waals surface area (Å²) in [5.41, 5.74) is 7.29. The van der Waals surface area contributed by atoms with Crippen LogP contribution < -0.4 is 10.6 Å². The van der Waals surface area contributed by atoms with Gasteiger partial charge in [0.25, 0.3) is 0 Å². The van der Waals surface area contributed by atoms with Gasteiger partial charge in [0, 0.05) is 38.6 Å². The summed E-state index contributed by atoms with van der Waals surface area (Å²) < 4.78 is 5.01. The number of hydrogen-bond donors (Lipinski definition) is 2. The fourth-order valence-corrected chi connectivity index (χ4v) is 1.52. The van der Waals surface area contributed by atoms with Gasteiger partial charge in [0.2, 0.25) is 0 Å². The Morgan fingerprint density at radius 3 is 2.59 bits per heavy atom. The largest absolute Gasteiger partial charge is 0.409 e. The van der Waals surface area contributed by atoms with Crippen molar-refractivity contribution < 1.29 is 9.94 Å². The second kappa shape index (κ2) is 6.75. The van der Waals surface area contributed by atoms with Gasteiger partial charge in [-0.2, -0.15) is 0 Å². The molecule has 0 aromatic heterocycles. The van der Waals surface area contributed by atoms with Crippen LogP contribution in [0.1, 0.15) is 12.0 Å². The molecule has 0 atom stereocenters. The molecule has 0 saturated carbocycles. The number of amidine groups is 1. The standard InChI is InChI=1S/C12H19N3O2/c1-15(8-3-9-17-2)11-6-4-10(5-7-11)12(13)14-16/h4-7,16H,3,8-9H2,1-2H3,(H2,13,14). The third-order valence-corrected chi connectivity index (χ3v) is 2.55. The lowest BCUT2D eigenvalue weighted by Gasteiger charge is -2.19. The Morgan fingerprint density at radius 2 is 2.06 bits per heavy atom. The van der Waals surface area contributed by atoms with Crippen molar-refractivity contribution in [1.82, 2.24) is 0 Å². The Balaban J connectivity index is 2.61. The molecule has 94 valence electrons. The number of nitrogens with zero attached hydrogens (tertiary/aromatic N) is 2. The number of benzene rings is 1. The summed E-state index contributed by atoms with van der Waals surface area (Å²) in [7, 11) is 3.72. The number of ether oxygens (including phenoxy) is 1. The Kier molecular flexibility index (Phi) is 5.29. The first kappa shape index (κ1) is 13.3. The van der Waals surface area contributed by atoms with Crippen molar-refractivity contribution in [1.29, 1.82) is 0 Å². The molecule has 5 heteroatoms. The van der Waals surface area contributed by atoms with E-state index in [1.165, 1.54) is 0 Å². The van der Waals surface area contributed by atoms with Crippen LogP contribution in [0.2, 0.25) is 0 Å². The summed E-state index contributed by atoms with van der Waals surface area (Å²) >= 11 is 0. The Bertz CT molecular complexity index is 363. The molecular formula is C12H19N3O2. The van der Waals surface area contributed by atoms with E-state index in [2.05, 4.69) is 10.1 Å². The molecule has 17 heavy (non-hydrogen) atoms. The maximum atomic E-state index is 8.55. The van der Waals surface area contributed by atoms with Crippen LogP contribution in [0.3, 0.4) is 0 Å². The van der Waals surface area contributed by atoms with E-state index in [0.717, 1.165) is 25.3 Å². The summed E-state index contributed by atoms with van der Waals surface area (Å²) in [5, 5.41) is 11.5. The van der Waals surface area contributed by atoms with Crippen LogP contribution in [0.5, 0.6) is 0 Å². The zero-order valence-electron chi connectivity index (χ0n) is 10.3. The highest BCUT2D eigenvalue weighted by atomic mass is 16.5. The third-order valence-electron chi connectivity index (χ3n) is 2.55. The minimum absolute atomic E-state index is 0.124. The molecule has 0 bridgehead atoms. The Hall–Kier alpha value is -1.75. The van der Waals surface area contributed by atoms with Crippen molar-refractivity contribution in [2.45, 2.75) is 6.42 Å². The molecule has 0 radical (unpaired) electrons. The highest BCUT2D eigenvalue weighted by Gasteiger charge is 2.02. The maximum absolute atomic E-state index is 8.55. The molecule has 1 aromatic rings. The molecule has 1 aromatic carbocycles. The fraction of sp³-hybridized carbons (Fsp3) is 0.417. The summed E-state index contributed by atoms with van der Waals surface area (Å²) in [6, 6.07) is 7.55. The SMILES string of the molecule is COCCCN(C)c1ccc(C(N)=NO)cc1. The van der Waals surface area contributed by atoms with Crippen LogP contribution in [0, 0.1) is 0 Å². The molecule has 3 N–H and O–H groups in total. The molecular weight excluding hydrogens is 218 g/mol. The van der Waals surface area contributed by atoms with E-state index in [1.807, 2.05) is 31.3 Å². The van der Waals surface area contributed by atoms with Crippen LogP contribution in [-0.4, -0.2) is 38.4 Å². The van der Waals surface area contributed by atoms with Gasteiger partial charge in [-0.15, -0.1) is 0 Å². The number of hydrogen-bond acceptors (Lipinski definition) is 4. The topological polar surface area (TPSA) is 71.1 Å². The second-order valence-corrected chi connectivity index (χ2v) is 3.80. The first-order valence-corrected chi connectivity index (χ1v) is 5.47. The van der Waals surface area contributed by atoms with Crippen molar-refractivity contribution in [3.8, 4) is 0 Å². The summed E-state index contributed by atoms with van der Waals surface area (Å²) in [6.45, 7) is 1.68. The first-order chi connectivity index (χ1) is 8.19. The van der Waals surface area contributed by atoms with Crippen molar-refractivity contribution in [2.24, 2.45) is 10.9 Å². The Morgan fingerprint density at radius 1 is 1.41 bits per heavy atom. The number of oxime groups is 1. The van der Waals surface area contributed by atoms with Crippen LogP contribution in [0.4, 0.5) is 5.69 Å². The molecule has 0 aliphatic rings. The molecule has 0 saturated heterocycles. The normalized spacial score (nSPS) is 11.5. The van der Waals surface area contributed by atoms with Crippen LogP contribution in [0.15, 0.2) is 29.4 Å². The molecule has 0 heterocycles. The average Bonchev–Trinajstić information content (AvgIpc) is 2.38. The fourth-order valence-electron chi connectivity index (χ4n) is 1.52. The molecule has 1 rings (SSSR count). The molecule has 0 aliphatic heterocycles. The van der Waals surface area contributed by atoms with Crippen LogP contribution in [-0.2, 0) is 4.74 Å². The number of anilines is 1. The predicted molar refractivity (Wildman–Crippen MR) is 68.7 cm³/mol. The van der Waals surface area contributed by atoms with E-state index < -0.39 is 0 Å². The summed E-state index contributed by atoms with van der Waals surface area (Å²) in [6.07, 6.45) is 0.981. The third kappa shape index (κ3) is 3.96. The van der Waals surface area contributed by atoms with E-state index in [9.17, 15) is 0 Å². The first-order valence-electron chi connectivity index (χ1n) is 5.47. The lowest BCUT2D eigenvalue weighted by Crippen LogP contribution is -2.20. The lowest BCUT2D eigenvalue weighted by atomic mass is 10.2. The number of methoxy groups -OCH3 is 1. The van der Waals surface area contributed by atoms with E-state index in [-0.39, 0.29) is 5.84 Å². The van der Waals surface area contributed by atoms with E-state index in [1.54, 1.807) is 7.11 Å².